The Hall–Kier alpha value is -1.18. The van der Waals surface area contributed by atoms with Gasteiger partial charge in [0.2, 0.25) is 0 Å². The Morgan fingerprint density at radius 3 is 2.76 bits per heavy atom. The van der Waals surface area contributed by atoms with Crippen LogP contribution in [0.2, 0.25) is 0 Å². The molecule has 0 unspecified atom stereocenters. The maximum absolute atomic E-state index is 5.47. The molecule has 0 radical (unpaired) electrons. The lowest BCUT2D eigenvalue weighted by Crippen LogP contribution is -2.06. The van der Waals surface area contributed by atoms with Crippen molar-refractivity contribution >= 4 is 23.4 Å². The summed E-state index contributed by atoms with van der Waals surface area (Å²) < 4.78 is 15.2. The first-order chi connectivity index (χ1) is 10.2. The molecule has 118 valence electrons. The zero-order valence-electron chi connectivity index (χ0n) is 13.0. The molecular weight excluding hydrogens is 288 g/mol. The highest BCUT2D eigenvalue weighted by Gasteiger charge is 2.13. The Balaban J connectivity index is 1.94. The third-order valence-electron chi connectivity index (χ3n) is 3.51. The third kappa shape index (κ3) is 3.72. The first kappa shape index (κ1) is 16.2. The van der Waals surface area contributed by atoms with Crippen molar-refractivity contribution < 1.29 is 9.47 Å². The predicted octanol–water partition coefficient (Wildman–Crippen LogP) is 2.44. The number of nitrogens with zero attached hydrogens (tertiary/aromatic N) is 3. The van der Waals surface area contributed by atoms with Crippen LogP contribution in [0.5, 0.6) is 0 Å². The van der Waals surface area contributed by atoms with Gasteiger partial charge in [-0.25, -0.2) is 0 Å². The molecule has 0 saturated carbocycles. The van der Waals surface area contributed by atoms with Crippen molar-refractivity contribution in [3.63, 3.8) is 0 Å². The fourth-order valence-corrected chi connectivity index (χ4v) is 2.73. The summed E-state index contributed by atoms with van der Waals surface area (Å²) in [5.74, 6) is 0. The van der Waals surface area contributed by atoms with E-state index in [2.05, 4.69) is 21.6 Å². The van der Waals surface area contributed by atoms with E-state index in [4.69, 9.17) is 21.7 Å². The summed E-state index contributed by atoms with van der Waals surface area (Å²) in [5.41, 5.74) is 3.22. The highest BCUT2D eigenvalue weighted by atomic mass is 32.1. The van der Waals surface area contributed by atoms with Crippen molar-refractivity contribution in [2.45, 2.75) is 32.7 Å². The highest BCUT2D eigenvalue weighted by molar-refractivity contribution is 7.71. The van der Waals surface area contributed by atoms with E-state index < -0.39 is 0 Å². The molecule has 0 aliphatic carbocycles. The van der Waals surface area contributed by atoms with Crippen LogP contribution in [0.3, 0.4) is 0 Å². The predicted molar refractivity (Wildman–Crippen MR) is 85.2 cm³/mol. The number of fused-ring (bicyclic) bond motifs is 1. The Morgan fingerprint density at radius 1 is 1.24 bits per heavy atom. The van der Waals surface area contributed by atoms with Gasteiger partial charge < -0.3 is 19.0 Å². The summed E-state index contributed by atoms with van der Waals surface area (Å²) in [7, 11) is 3.65. The van der Waals surface area contributed by atoms with Gasteiger partial charge in [-0.05, 0) is 31.5 Å². The highest BCUT2D eigenvalue weighted by Crippen LogP contribution is 2.18. The van der Waals surface area contributed by atoms with Crippen LogP contribution < -0.4 is 0 Å². The first-order valence-corrected chi connectivity index (χ1v) is 7.81. The number of aryl methyl sites for hydroxylation is 3. The Kier molecular flexibility index (Phi) is 5.96. The van der Waals surface area contributed by atoms with E-state index in [9.17, 15) is 0 Å². The maximum Gasteiger partial charge on any atom is 0.179 e. The minimum atomic E-state index is 0.651. The number of H-pyrrole nitrogens is 1. The number of aromatic amines is 1. The second kappa shape index (κ2) is 7.72. The quantitative estimate of drug-likeness (QED) is 0.571. The second-order valence-electron chi connectivity index (χ2n) is 5.02. The van der Waals surface area contributed by atoms with Crippen molar-refractivity contribution in [2.75, 3.05) is 26.9 Å². The van der Waals surface area contributed by atoms with Crippen LogP contribution in [0.15, 0.2) is 0 Å². The monoisotopic (exact) mass is 312 g/mol. The van der Waals surface area contributed by atoms with Gasteiger partial charge >= 0.3 is 0 Å². The minimum Gasteiger partial charge on any atom is -0.382 e. The number of hydrogen-bond acceptors (Lipinski definition) is 4. The molecule has 0 aromatic carbocycles. The number of methoxy groups -OCH3 is 1. The van der Waals surface area contributed by atoms with E-state index >= 15 is 0 Å². The van der Waals surface area contributed by atoms with Gasteiger partial charge in [0, 0.05) is 27.3 Å². The molecule has 1 N–H and O–H groups in total. The van der Waals surface area contributed by atoms with Crippen LogP contribution in [0.4, 0.5) is 0 Å². The summed E-state index contributed by atoms with van der Waals surface area (Å²) in [5, 5.41) is 4.53. The zero-order chi connectivity index (χ0) is 15.2. The molecule has 0 saturated heterocycles. The summed E-state index contributed by atoms with van der Waals surface area (Å²) >= 11 is 5.43. The molecule has 0 fully saturated rings. The average molecular weight is 312 g/mol. The minimum absolute atomic E-state index is 0.651. The van der Waals surface area contributed by atoms with Gasteiger partial charge in [0.25, 0.3) is 0 Å². The molecule has 0 atom stereocenters. The van der Waals surface area contributed by atoms with Crippen molar-refractivity contribution in [1.29, 1.82) is 0 Å². The summed E-state index contributed by atoms with van der Waals surface area (Å²) in [4.78, 5) is 3.28. The van der Waals surface area contributed by atoms with Crippen LogP contribution >= 0.6 is 12.2 Å². The number of rotatable bonds is 9. The van der Waals surface area contributed by atoms with Crippen LogP contribution in [-0.2, 0) is 29.5 Å². The maximum atomic E-state index is 5.47. The lowest BCUT2D eigenvalue weighted by Gasteiger charge is -2.06. The molecular formula is C14H24N4O2S. The Bertz CT molecular complexity index is 629. The van der Waals surface area contributed by atoms with E-state index in [0.717, 1.165) is 54.0 Å². The lowest BCUT2D eigenvalue weighted by atomic mass is 10.3. The fourth-order valence-electron chi connectivity index (χ4n) is 2.45. The van der Waals surface area contributed by atoms with Crippen molar-refractivity contribution in [1.82, 2.24) is 19.3 Å². The molecule has 0 aliphatic rings. The summed E-state index contributed by atoms with van der Waals surface area (Å²) in [6.45, 7) is 5.06. The normalized spacial score (nSPS) is 11.6. The fraction of sp³-hybridized carbons (Fsp3) is 0.714. The van der Waals surface area contributed by atoms with Crippen LogP contribution in [0, 0.1) is 4.77 Å². The van der Waals surface area contributed by atoms with Gasteiger partial charge in [-0.2, -0.15) is 5.10 Å². The molecule has 7 heteroatoms. The van der Waals surface area contributed by atoms with E-state index in [1.807, 2.05) is 11.7 Å². The van der Waals surface area contributed by atoms with E-state index in [1.165, 1.54) is 0 Å². The van der Waals surface area contributed by atoms with E-state index in [0.29, 0.717) is 13.2 Å². The number of ether oxygens (including phenoxy) is 2. The van der Waals surface area contributed by atoms with Crippen LogP contribution in [-0.4, -0.2) is 46.3 Å². The van der Waals surface area contributed by atoms with E-state index in [-0.39, 0.29) is 0 Å². The molecule has 2 aromatic heterocycles. The van der Waals surface area contributed by atoms with Gasteiger partial charge in [-0.1, -0.05) is 6.92 Å². The Morgan fingerprint density at radius 2 is 2.05 bits per heavy atom. The molecule has 0 aliphatic heterocycles. The molecule has 21 heavy (non-hydrogen) atoms. The molecule has 2 rings (SSSR count). The van der Waals surface area contributed by atoms with Gasteiger partial charge in [-0.3, -0.25) is 4.68 Å². The molecule has 2 heterocycles. The smallest absolute Gasteiger partial charge is 0.179 e. The van der Waals surface area contributed by atoms with Crippen molar-refractivity contribution in [3.8, 4) is 0 Å². The van der Waals surface area contributed by atoms with Crippen molar-refractivity contribution in [2.24, 2.45) is 7.05 Å². The third-order valence-corrected chi connectivity index (χ3v) is 3.83. The standard InChI is InChI=1S/C14H24N4O2S/c1-4-11-12-13(17(2)16-11)18(14(21)15-12)7-5-6-8-20-10-9-19-3/h4-10H2,1-3H3,(H,15,21). The summed E-state index contributed by atoms with van der Waals surface area (Å²) in [6, 6.07) is 0. The van der Waals surface area contributed by atoms with Gasteiger partial charge in [0.05, 0.1) is 18.9 Å². The Labute approximate surface area is 130 Å². The topological polar surface area (TPSA) is 57.0 Å². The number of imidazole rings is 1. The first-order valence-electron chi connectivity index (χ1n) is 7.40. The number of unbranched alkanes of at least 4 members (excludes halogenated alkanes) is 1. The van der Waals surface area contributed by atoms with E-state index in [1.54, 1.807) is 7.11 Å². The van der Waals surface area contributed by atoms with Gasteiger partial charge in [0.15, 0.2) is 10.4 Å². The zero-order valence-corrected chi connectivity index (χ0v) is 13.8. The molecule has 2 aromatic rings. The SMILES string of the molecule is CCc1nn(C)c2c1[nH]c(=S)n2CCCCOCCOC. The molecule has 0 spiro atoms. The average Bonchev–Trinajstić information content (AvgIpc) is 2.95. The number of hydrogen-bond donors (Lipinski definition) is 1. The van der Waals surface area contributed by atoms with Gasteiger partial charge in [-0.15, -0.1) is 0 Å². The van der Waals surface area contributed by atoms with Crippen LogP contribution in [0.1, 0.15) is 25.5 Å². The van der Waals surface area contributed by atoms with Gasteiger partial charge in [0.1, 0.15) is 5.52 Å². The second-order valence-corrected chi connectivity index (χ2v) is 5.40. The summed E-state index contributed by atoms with van der Waals surface area (Å²) in [6.07, 6.45) is 2.94. The van der Waals surface area contributed by atoms with Crippen molar-refractivity contribution in [3.05, 3.63) is 10.5 Å². The molecule has 0 amide bonds. The number of nitrogens with one attached hydrogen (secondary N) is 1. The number of aromatic nitrogens is 4. The largest absolute Gasteiger partial charge is 0.382 e. The molecule has 6 nitrogen and oxygen atoms in total. The molecule has 0 bridgehead atoms. The van der Waals surface area contributed by atoms with Crippen LogP contribution in [0.25, 0.3) is 11.2 Å². The lowest BCUT2D eigenvalue weighted by molar-refractivity contribution is 0.0684.